The van der Waals surface area contributed by atoms with Gasteiger partial charge in [-0.05, 0) is 34.5 Å². The van der Waals surface area contributed by atoms with Gasteiger partial charge in [-0.25, -0.2) is 4.98 Å². The summed E-state index contributed by atoms with van der Waals surface area (Å²) < 4.78 is 0.877. The lowest BCUT2D eigenvalue weighted by molar-refractivity contribution is 1.23. The fourth-order valence-electron chi connectivity index (χ4n) is 1.39. The van der Waals surface area contributed by atoms with Gasteiger partial charge in [0.2, 0.25) is 0 Å². The Kier molecular flexibility index (Phi) is 5.20. The molecule has 0 amide bonds. The zero-order valence-corrected chi connectivity index (χ0v) is 11.5. The summed E-state index contributed by atoms with van der Waals surface area (Å²) in [4.78, 5) is 4.46. The first-order valence-electron chi connectivity index (χ1n) is 5.46. The zero-order valence-electron chi connectivity index (χ0n) is 9.87. The van der Waals surface area contributed by atoms with Gasteiger partial charge in [-0.2, -0.15) is 0 Å². The van der Waals surface area contributed by atoms with E-state index in [0.29, 0.717) is 0 Å². The number of benzene rings is 1. The van der Waals surface area contributed by atoms with Gasteiger partial charge in [-0.1, -0.05) is 50.2 Å². The van der Waals surface area contributed by atoms with E-state index < -0.39 is 0 Å². The third kappa shape index (κ3) is 3.17. The van der Waals surface area contributed by atoms with Crippen LogP contribution in [0.3, 0.4) is 0 Å². The quantitative estimate of drug-likeness (QED) is 0.680. The highest BCUT2D eigenvalue weighted by Gasteiger charge is 2.02. The van der Waals surface area contributed by atoms with Crippen LogP contribution in [0.4, 0.5) is 0 Å². The monoisotopic (exact) mass is 277 g/mol. The molecule has 84 valence electrons. The van der Waals surface area contributed by atoms with Gasteiger partial charge in [0.25, 0.3) is 0 Å². The summed E-state index contributed by atoms with van der Waals surface area (Å²) in [6.45, 7) is 6.07. The smallest absolute Gasteiger partial charge is 0.106 e. The SMILES string of the molecule is CC.Cc1ccc(Br)nc1-c1ccccc1. The number of aryl methyl sites for hydroxylation is 1. The molecule has 1 aromatic carbocycles. The van der Waals surface area contributed by atoms with E-state index in [9.17, 15) is 0 Å². The minimum absolute atomic E-state index is 0.877. The number of nitrogens with zero attached hydrogens (tertiary/aromatic N) is 1. The minimum Gasteiger partial charge on any atom is -0.241 e. The summed E-state index contributed by atoms with van der Waals surface area (Å²) in [5.41, 5.74) is 3.39. The van der Waals surface area contributed by atoms with Crippen LogP contribution in [-0.4, -0.2) is 4.98 Å². The number of rotatable bonds is 1. The van der Waals surface area contributed by atoms with Crippen molar-refractivity contribution in [1.82, 2.24) is 4.98 Å². The number of hydrogen-bond acceptors (Lipinski definition) is 1. The Hall–Kier alpha value is -1.15. The van der Waals surface area contributed by atoms with Gasteiger partial charge in [0.15, 0.2) is 0 Å². The second-order valence-electron chi connectivity index (χ2n) is 3.17. The number of aromatic nitrogens is 1. The molecule has 0 fully saturated rings. The molecule has 0 bridgehead atoms. The Bertz CT molecular complexity index is 438. The first-order chi connectivity index (χ1) is 7.77. The van der Waals surface area contributed by atoms with Crippen molar-refractivity contribution in [1.29, 1.82) is 0 Å². The molecule has 0 aliphatic heterocycles. The van der Waals surface area contributed by atoms with Crippen molar-refractivity contribution in [2.45, 2.75) is 20.8 Å². The Morgan fingerprint density at radius 2 is 1.56 bits per heavy atom. The van der Waals surface area contributed by atoms with Crippen LogP contribution < -0.4 is 0 Å². The van der Waals surface area contributed by atoms with Crippen molar-refractivity contribution in [3.8, 4) is 11.3 Å². The maximum atomic E-state index is 4.46. The van der Waals surface area contributed by atoms with Gasteiger partial charge in [0, 0.05) is 5.56 Å². The molecule has 1 aromatic heterocycles. The van der Waals surface area contributed by atoms with Crippen LogP contribution in [0.15, 0.2) is 47.1 Å². The van der Waals surface area contributed by atoms with Gasteiger partial charge in [0.1, 0.15) is 4.60 Å². The van der Waals surface area contributed by atoms with Gasteiger partial charge < -0.3 is 0 Å². The third-order valence-corrected chi connectivity index (χ3v) is 2.55. The van der Waals surface area contributed by atoms with E-state index in [1.54, 1.807) is 0 Å². The molecule has 0 aliphatic carbocycles. The van der Waals surface area contributed by atoms with E-state index in [1.165, 1.54) is 5.56 Å². The summed E-state index contributed by atoms with van der Waals surface area (Å²) in [6, 6.07) is 14.2. The molecule has 0 saturated heterocycles. The lowest BCUT2D eigenvalue weighted by atomic mass is 10.1. The Balaban J connectivity index is 0.000000606. The maximum Gasteiger partial charge on any atom is 0.106 e. The second-order valence-corrected chi connectivity index (χ2v) is 3.98. The van der Waals surface area contributed by atoms with Crippen molar-refractivity contribution in [2.75, 3.05) is 0 Å². The highest BCUT2D eigenvalue weighted by molar-refractivity contribution is 9.10. The summed E-state index contributed by atoms with van der Waals surface area (Å²) >= 11 is 3.38. The topological polar surface area (TPSA) is 12.9 Å². The van der Waals surface area contributed by atoms with E-state index >= 15 is 0 Å². The van der Waals surface area contributed by atoms with E-state index in [1.807, 2.05) is 38.1 Å². The largest absolute Gasteiger partial charge is 0.241 e. The number of halogens is 1. The fourth-order valence-corrected chi connectivity index (χ4v) is 1.70. The lowest BCUT2D eigenvalue weighted by Gasteiger charge is -2.04. The highest BCUT2D eigenvalue weighted by atomic mass is 79.9. The molecule has 0 aliphatic rings. The van der Waals surface area contributed by atoms with E-state index in [0.717, 1.165) is 15.9 Å². The van der Waals surface area contributed by atoms with Crippen LogP contribution in [0.5, 0.6) is 0 Å². The third-order valence-electron chi connectivity index (χ3n) is 2.11. The molecule has 0 spiro atoms. The summed E-state index contributed by atoms with van der Waals surface area (Å²) in [5, 5.41) is 0. The van der Waals surface area contributed by atoms with E-state index in [2.05, 4.69) is 46.0 Å². The van der Waals surface area contributed by atoms with Gasteiger partial charge in [0.05, 0.1) is 5.69 Å². The molecular formula is C14H16BrN. The predicted molar refractivity (Wildman–Crippen MR) is 73.5 cm³/mol. The van der Waals surface area contributed by atoms with Crippen LogP contribution in [-0.2, 0) is 0 Å². The molecule has 0 radical (unpaired) electrons. The van der Waals surface area contributed by atoms with Crippen molar-refractivity contribution in [3.05, 3.63) is 52.6 Å². The van der Waals surface area contributed by atoms with Gasteiger partial charge in [-0.15, -0.1) is 0 Å². The lowest BCUT2D eigenvalue weighted by Crippen LogP contribution is -1.88. The van der Waals surface area contributed by atoms with E-state index in [-0.39, 0.29) is 0 Å². The standard InChI is InChI=1S/C12H10BrN.C2H6/c1-9-7-8-11(13)14-12(9)10-5-3-2-4-6-10;1-2/h2-8H,1H3;1-2H3. The average Bonchev–Trinajstić information content (AvgIpc) is 2.36. The summed E-state index contributed by atoms with van der Waals surface area (Å²) in [5.74, 6) is 0. The number of pyridine rings is 1. The van der Waals surface area contributed by atoms with Crippen LogP contribution >= 0.6 is 15.9 Å². The Morgan fingerprint density at radius 3 is 2.19 bits per heavy atom. The van der Waals surface area contributed by atoms with E-state index in [4.69, 9.17) is 0 Å². The molecule has 2 aromatic rings. The van der Waals surface area contributed by atoms with Crippen molar-refractivity contribution < 1.29 is 0 Å². The molecule has 0 unspecified atom stereocenters. The minimum atomic E-state index is 0.877. The summed E-state index contributed by atoms with van der Waals surface area (Å²) in [6.07, 6.45) is 0. The van der Waals surface area contributed by atoms with Crippen molar-refractivity contribution in [2.24, 2.45) is 0 Å². The maximum absolute atomic E-state index is 4.46. The molecule has 0 saturated carbocycles. The van der Waals surface area contributed by atoms with Gasteiger partial charge >= 0.3 is 0 Å². The first kappa shape index (κ1) is 12.9. The average molecular weight is 278 g/mol. The normalized spacial score (nSPS) is 9.25. The van der Waals surface area contributed by atoms with Crippen LogP contribution in [0, 0.1) is 6.92 Å². The molecule has 1 nitrogen and oxygen atoms in total. The van der Waals surface area contributed by atoms with Crippen LogP contribution in [0.1, 0.15) is 19.4 Å². The predicted octanol–water partition coefficient (Wildman–Crippen LogP) is 4.85. The Labute approximate surface area is 106 Å². The van der Waals surface area contributed by atoms with Crippen molar-refractivity contribution in [3.63, 3.8) is 0 Å². The molecular weight excluding hydrogens is 262 g/mol. The summed E-state index contributed by atoms with van der Waals surface area (Å²) in [7, 11) is 0. The highest BCUT2D eigenvalue weighted by Crippen LogP contribution is 2.22. The molecule has 2 heteroatoms. The molecule has 1 heterocycles. The fraction of sp³-hybridized carbons (Fsp3) is 0.214. The Morgan fingerprint density at radius 1 is 0.938 bits per heavy atom. The molecule has 0 atom stereocenters. The van der Waals surface area contributed by atoms with Crippen LogP contribution in [0.2, 0.25) is 0 Å². The van der Waals surface area contributed by atoms with Crippen molar-refractivity contribution >= 4 is 15.9 Å². The zero-order chi connectivity index (χ0) is 12.0. The van der Waals surface area contributed by atoms with Gasteiger partial charge in [-0.3, -0.25) is 0 Å². The molecule has 2 rings (SSSR count). The number of hydrogen-bond donors (Lipinski definition) is 0. The second kappa shape index (κ2) is 6.44. The van der Waals surface area contributed by atoms with Crippen LogP contribution in [0.25, 0.3) is 11.3 Å². The molecule has 0 N–H and O–H groups in total. The molecule has 16 heavy (non-hydrogen) atoms. The first-order valence-corrected chi connectivity index (χ1v) is 6.25.